The summed E-state index contributed by atoms with van der Waals surface area (Å²) in [7, 11) is 2.02. The van der Waals surface area contributed by atoms with Gasteiger partial charge in [0.15, 0.2) is 0 Å². The Bertz CT molecular complexity index is 299. The van der Waals surface area contributed by atoms with Crippen molar-refractivity contribution in [3.05, 3.63) is 29.8 Å². The van der Waals surface area contributed by atoms with Crippen LogP contribution >= 0.6 is 11.8 Å². The lowest BCUT2D eigenvalue weighted by Crippen LogP contribution is -2.13. The van der Waals surface area contributed by atoms with Gasteiger partial charge < -0.3 is 5.32 Å². The van der Waals surface area contributed by atoms with Gasteiger partial charge in [0.25, 0.3) is 0 Å². The predicted octanol–water partition coefficient (Wildman–Crippen LogP) is 4.25. The molecule has 1 atom stereocenters. The molecule has 1 rings (SSSR count). The fourth-order valence-corrected chi connectivity index (χ4v) is 2.81. The molecule has 1 unspecified atom stereocenters. The average Bonchev–Trinajstić information content (AvgIpc) is 2.34. The Labute approximate surface area is 104 Å². The van der Waals surface area contributed by atoms with Gasteiger partial charge in [-0.1, -0.05) is 38.0 Å². The molecule has 0 radical (unpaired) electrons. The maximum Gasteiger partial charge on any atom is 0.0300 e. The maximum atomic E-state index is 3.31. The summed E-state index contributed by atoms with van der Waals surface area (Å²) in [6.45, 7) is 4.47. The Hall–Kier alpha value is -0.470. The van der Waals surface area contributed by atoms with Crippen LogP contribution in [0.2, 0.25) is 0 Å². The Morgan fingerprint density at radius 2 is 2.00 bits per heavy atom. The van der Waals surface area contributed by atoms with Gasteiger partial charge in [0, 0.05) is 10.9 Å². The smallest absolute Gasteiger partial charge is 0.0300 e. The highest BCUT2D eigenvalue weighted by Gasteiger charge is 2.07. The number of rotatable bonds is 7. The first kappa shape index (κ1) is 13.6. The van der Waals surface area contributed by atoms with Crippen LogP contribution in [-0.2, 0) is 0 Å². The van der Waals surface area contributed by atoms with Gasteiger partial charge in [-0.2, -0.15) is 0 Å². The minimum absolute atomic E-state index is 0.440. The molecule has 1 nitrogen and oxygen atoms in total. The van der Waals surface area contributed by atoms with E-state index >= 15 is 0 Å². The molecular weight excluding hydrogens is 214 g/mol. The fraction of sp³-hybridized carbons (Fsp3) is 0.571. The van der Waals surface area contributed by atoms with Gasteiger partial charge in [0.05, 0.1) is 0 Å². The molecule has 0 amide bonds. The lowest BCUT2D eigenvalue weighted by Gasteiger charge is -2.15. The van der Waals surface area contributed by atoms with Crippen LogP contribution in [0.15, 0.2) is 29.2 Å². The number of benzene rings is 1. The van der Waals surface area contributed by atoms with Crippen molar-refractivity contribution in [2.75, 3.05) is 12.8 Å². The van der Waals surface area contributed by atoms with Crippen LogP contribution in [0.3, 0.4) is 0 Å². The molecule has 0 aliphatic carbocycles. The van der Waals surface area contributed by atoms with Crippen molar-refractivity contribution in [2.24, 2.45) is 0 Å². The minimum Gasteiger partial charge on any atom is -0.313 e. The molecule has 0 saturated heterocycles. The van der Waals surface area contributed by atoms with E-state index in [1.807, 2.05) is 18.8 Å². The quantitative estimate of drug-likeness (QED) is 0.562. The number of thioether (sulfide) groups is 1. The first-order valence-corrected chi connectivity index (χ1v) is 7.17. The fourth-order valence-electron chi connectivity index (χ4n) is 1.66. The van der Waals surface area contributed by atoms with Gasteiger partial charge in [-0.05, 0) is 37.8 Å². The van der Waals surface area contributed by atoms with E-state index in [0.717, 1.165) is 0 Å². The van der Waals surface area contributed by atoms with E-state index in [0.29, 0.717) is 6.04 Å². The maximum absolute atomic E-state index is 3.31. The first-order valence-electron chi connectivity index (χ1n) is 6.18. The van der Waals surface area contributed by atoms with E-state index in [9.17, 15) is 0 Å². The largest absolute Gasteiger partial charge is 0.313 e. The molecule has 2 heteroatoms. The van der Waals surface area contributed by atoms with Crippen molar-refractivity contribution in [1.82, 2.24) is 5.32 Å². The van der Waals surface area contributed by atoms with E-state index in [1.54, 1.807) is 0 Å². The van der Waals surface area contributed by atoms with Crippen LogP contribution in [0.25, 0.3) is 0 Å². The van der Waals surface area contributed by atoms with Gasteiger partial charge in [0.1, 0.15) is 0 Å². The number of nitrogens with one attached hydrogen (secondary N) is 1. The minimum atomic E-state index is 0.440. The second-order valence-electron chi connectivity index (χ2n) is 4.10. The molecule has 0 heterocycles. The van der Waals surface area contributed by atoms with E-state index in [4.69, 9.17) is 0 Å². The van der Waals surface area contributed by atoms with E-state index in [-0.39, 0.29) is 0 Å². The third kappa shape index (κ3) is 4.18. The molecule has 0 saturated carbocycles. The summed E-state index contributed by atoms with van der Waals surface area (Å²) >= 11 is 1.99. The van der Waals surface area contributed by atoms with Crippen LogP contribution < -0.4 is 5.32 Å². The van der Waals surface area contributed by atoms with Crippen molar-refractivity contribution in [1.29, 1.82) is 0 Å². The number of unbranched alkanes of at least 4 members (excludes halogenated alkanes) is 2. The molecule has 90 valence electrons. The summed E-state index contributed by atoms with van der Waals surface area (Å²) in [5.74, 6) is 1.24. The summed E-state index contributed by atoms with van der Waals surface area (Å²) in [5, 5.41) is 3.31. The van der Waals surface area contributed by atoms with Crippen LogP contribution in [0.4, 0.5) is 0 Å². The third-order valence-corrected chi connectivity index (χ3v) is 4.00. The molecule has 0 aromatic heterocycles. The molecule has 1 aromatic carbocycles. The highest BCUT2D eigenvalue weighted by molar-refractivity contribution is 7.99. The van der Waals surface area contributed by atoms with E-state index in [1.165, 1.54) is 35.5 Å². The van der Waals surface area contributed by atoms with E-state index < -0.39 is 0 Å². The first-order chi connectivity index (χ1) is 7.79. The zero-order valence-electron chi connectivity index (χ0n) is 10.6. The van der Waals surface area contributed by atoms with Crippen molar-refractivity contribution in [3.63, 3.8) is 0 Å². The SMILES string of the molecule is CCCCCSc1ccccc1C(C)NC. The Morgan fingerprint density at radius 3 is 2.69 bits per heavy atom. The Morgan fingerprint density at radius 1 is 1.25 bits per heavy atom. The van der Waals surface area contributed by atoms with Gasteiger partial charge in [-0.25, -0.2) is 0 Å². The summed E-state index contributed by atoms with van der Waals surface area (Å²) < 4.78 is 0. The second kappa shape index (κ2) is 7.75. The van der Waals surface area contributed by atoms with Crippen LogP contribution in [0, 0.1) is 0 Å². The molecule has 0 spiro atoms. The molecule has 0 aliphatic heterocycles. The summed E-state index contributed by atoms with van der Waals surface area (Å²) in [6, 6.07) is 9.16. The zero-order valence-corrected chi connectivity index (χ0v) is 11.4. The zero-order chi connectivity index (χ0) is 11.8. The summed E-state index contributed by atoms with van der Waals surface area (Å²) in [6.07, 6.45) is 3.97. The monoisotopic (exact) mass is 237 g/mol. The number of hydrogen-bond acceptors (Lipinski definition) is 2. The Balaban J connectivity index is 2.57. The third-order valence-electron chi connectivity index (χ3n) is 2.82. The van der Waals surface area contributed by atoms with Gasteiger partial charge >= 0.3 is 0 Å². The lowest BCUT2D eigenvalue weighted by molar-refractivity contribution is 0.641. The van der Waals surface area contributed by atoms with Crippen LogP contribution in [-0.4, -0.2) is 12.8 Å². The molecular formula is C14H23NS. The second-order valence-corrected chi connectivity index (χ2v) is 5.24. The lowest BCUT2D eigenvalue weighted by atomic mass is 10.1. The molecule has 0 bridgehead atoms. The highest BCUT2D eigenvalue weighted by atomic mass is 32.2. The molecule has 0 fully saturated rings. The molecule has 1 N–H and O–H groups in total. The van der Waals surface area contributed by atoms with Crippen molar-refractivity contribution in [2.45, 2.75) is 44.0 Å². The summed E-state index contributed by atoms with van der Waals surface area (Å²) in [4.78, 5) is 1.43. The average molecular weight is 237 g/mol. The van der Waals surface area contributed by atoms with E-state index in [2.05, 4.69) is 43.4 Å². The number of hydrogen-bond donors (Lipinski definition) is 1. The Kier molecular flexibility index (Phi) is 6.58. The summed E-state index contributed by atoms with van der Waals surface area (Å²) in [5.41, 5.74) is 1.42. The standard InChI is InChI=1S/C14H23NS/c1-4-5-8-11-16-14-10-7-6-9-13(14)12(2)15-3/h6-7,9-10,12,15H,4-5,8,11H2,1-3H3. The predicted molar refractivity (Wildman–Crippen MR) is 74.2 cm³/mol. The van der Waals surface area contributed by atoms with Gasteiger partial charge in [-0.15, -0.1) is 11.8 Å². The van der Waals surface area contributed by atoms with Crippen molar-refractivity contribution >= 4 is 11.8 Å². The van der Waals surface area contributed by atoms with Crippen LogP contribution in [0.1, 0.15) is 44.7 Å². The van der Waals surface area contributed by atoms with Gasteiger partial charge in [0.2, 0.25) is 0 Å². The van der Waals surface area contributed by atoms with Gasteiger partial charge in [-0.3, -0.25) is 0 Å². The van der Waals surface area contributed by atoms with Crippen molar-refractivity contribution in [3.8, 4) is 0 Å². The normalized spacial score (nSPS) is 12.7. The molecule has 16 heavy (non-hydrogen) atoms. The van der Waals surface area contributed by atoms with Crippen molar-refractivity contribution < 1.29 is 0 Å². The topological polar surface area (TPSA) is 12.0 Å². The highest BCUT2D eigenvalue weighted by Crippen LogP contribution is 2.27. The van der Waals surface area contributed by atoms with Crippen LogP contribution in [0.5, 0.6) is 0 Å². The molecule has 0 aliphatic rings. The molecule has 1 aromatic rings.